The second-order valence-electron chi connectivity index (χ2n) is 32.7. The Kier molecular flexibility index (Phi) is 29.1. The Morgan fingerprint density at radius 1 is 0.639 bits per heavy atom. The molecule has 4 saturated carbocycles. The SMILES string of the molecule is CCC[C@H]1C(=O)N[C@@H]([C@@H](C)CC)C(=O)N(C)CC(=O)N(C)[C@H]2C/C=C\CCN(C2=O)[C@@H](CC2CCC(C(F)(F)F)CC2)C(=O)N(C)CC(=O)N[C@@H](CCC2CC(F)C(C(F)(F)F)C(F)C2)C(=O)N2CC(F)(F)C[C@H]2C(=O)NC2(CC(C)(C)C2)C(=O)N(C)[C@@H](C2CCCC2)C(=O)N(C)[C@H](C(=O)N(C)C)CC(=O)N1C. The van der Waals surface area contributed by atoms with Crippen LogP contribution in [0.4, 0.5) is 43.9 Å². The normalized spacial score (nSPS) is 32.2. The van der Waals surface area contributed by atoms with Crippen LogP contribution in [0.5, 0.6) is 0 Å². The highest BCUT2D eigenvalue weighted by Gasteiger charge is 2.61. The molecular weight excluding hydrogens is 1440 g/mol. The molecule has 3 N–H and O–H groups in total. The molecule has 7 aliphatic rings. The minimum absolute atomic E-state index is 0.0312. The minimum atomic E-state index is -5.28. The Labute approximate surface area is 626 Å². The second kappa shape index (κ2) is 35.8. The number of carbonyl (C=O) groups excluding carboxylic acids is 12. The molecule has 0 aromatic rings. The van der Waals surface area contributed by atoms with E-state index in [0.29, 0.717) is 43.4 Å². The van der Waals surface area contributed by atoms with Crippen LogP contribution in [0.15, 0.2) is 12.2 Å². The van der Waals surface area contributed by atoms with E-state index in [1.165, 1.54) is 49.3 Å². The number of halogens is 10. The van der Waals surface area contributed by atoms with Crippen LogP contribution in [0.25, 0.3) is 0 Å². The van der Waals surface area contributed by atoms with Gasteiger partial charge in [-0.15, -0.1) is 0 Å². The molecule has 3 aliphatic heterocycles. The fourth-order valence-corrected chi connectivity index (χ4v) is 17.5. The van der Waals surface area contributed by atoms with Gasteiger partial charge in [0.25, 0.3) is 5.92 Å². The van der Waals surface area contributed by atoms with Crippen molar-refractivity contribution in [2.24, 2.45) is 40.9 Å². The Morgan fingerprint density at radius 3 is 1.80 bits per heavy atom. The summed E-state index contributed by atoms with van der Waals surface area (Å²) in [5, 5.41) is 7.89. The number of rotatable bonds is 11. The maximum Gasteiger partial charge on any atom is 0.397 e. The van der Waals surface area contributed by atoms with E-state index >= 15 is 46.3 Å². The van der Waals surface area contributed by atoms with Gasteiger partial charge in [-0.3, -0.25) is 57.5 Å². The average Bonchev–Trinajstić information content (AvgIpc) is 1.04. The molecule has 3 heterocycles. The Hall–Kier alpha value is -7.32. The molecule has 2 saturated heterocycles. The molecule has 1 spiro atoms. The van der Waals surface area contributed by atoms with E-state index in [1.54, 1.807) is 46.8 Å². The van der Waals surface area contributed by atoms with Crippen LogP contribution in [0, 0.1) is 40.9 Å². The molecule has 0 radical (unpaired) electrons. The van der Waals surface area contributed by atoms with Crippen LogP contribution in [-0.4, -0.2) is 282 Å². The largest absolute Gasteiger partial charge is 0.397 e. The van der Waals surface area contributed by atoms with Crippen LogP contribution in [0.1, 0.15) is 176 Å². The summed E-state index contributed by atoms with van der Waals surface area (Å²) in [6, 6.07) is -12.7. The van der Waals surface area contributed by atoms with Gasteiger partial charge in [-0.25, -0.2) is 17.6 Å². The number of nitrogens with one attached hydrogen (secondary N) is 3. The molecule has 7 rings (SSSR count). The van der Waals surface area contributed by atoms with Crippen molar-refractivity contribution >= 4 is 70.9 Å². The van der Waals surface area contributed by atoms with Gasteiger partial charge < -0.3 is 60.0 Å². The number of hydrogen-bond donors (Lipinski definition) is 3. The van der Waals surface area contributed by atoms with Gasteiger partial charge in [0.15, 0.2) is 0 Å². The van der Waals surface area contributed by atoms with Gasteiger partial charge in [-0.2, -0.15) is 26.3 Å². The van der Waals surface area contributed by atoms with E-state index in [0.717, 1.165) is 46.2 Å². The molecule has 610 valence electrons. The molecular formula is C74H112F10N12O12. The molecule has 12 amide bonds. The standard InChI is InChI=1S/C74H112F10N12O12/c1-14-21-50-61(100)86-59(42(3)15-2)67(106)90(9)38-57(99)92(11)51-24-17-16-20-31-95(66(51)105)53(34-43-25-28-46(29-26-43)73(79,80)81)65(104)89(8)37-55(97)85-49(30-27-44-32-47(75)58(48(76)33-44)74(82,83)84)63(102)96-41-72(77,78)36-54(96)62(101)87-71(39-70(4,5)40-71)69(108)94(13)60(45-22-18-19-23-45)68(107)93(12)52(64(103)88(6)7)35-56(98)91(50)10/h16-17,42-54,58-60H,14-15,18-41H2,1-13H3,(H,85,97)(H,86,100)(H,87,101)/b17-16-/t42-,43?,44?,46?,47?,48?,49-,50-,51-,52-,53-,54-,58?,59-,60-/m0/s1. The number of hydrogen-bond acceptors (Lipinski definition) is 12. The molecule has 34 heteroatoms. The molecule has 4 aliphatic carbocycles. The van der Waals surface area contributed by atoms with Crippen molar-refractivity contribution < 1.29 is 101 Å². The number of nitrogens with zero attached hydrogens (tertiary/aromatic N) is 9. The maximum atomic E-state index is 16.2. The summed E-state index contributed by atoms with van der Waals surface area (Å²) < 4.78 is 147. The van der Waals surface area contributed by atoms with Gasteiger partial charge in [0.1, 0.15) is 72.1 Å². The average molecular weight is 1550 g/mol. The monoisotopic (exact) mass is 1550 g/mol. The summed E-state index contributed by atoms with van der Waals surface area (Å²) in [6.45, 7) is 5.28. The Morgan fingerprint density at radius 2 is 1.24 bits per heavy atom. The first-order valence-corrected chi connectivity index (χ1v) is 37.9. The van der Waals surface area contributed by atoms with Crippen LogP contribution in [0.3, 0.4) is 0 Å². The highest BCUT2D eigenvalue weighted by molar-refractivity contribution is 6.01. The topological polar surface area (TPSA) is 270 Å². The lowest BCUT2D eigenvalue weighted by atomic mass is 9.58. The summed E-state index contributed by atoms with van der Waals surface area (Å²) in [4.78, 5) is 189. The van der Waals surface area contributed by atoms with Gasteiger partial charge in [0.2, 0.25) is 70.9 Å². The zero-order valence-corrected chi connectivity index (χ0v) is 64.5. The van der Waals surface area contributed by atoms with E-state index in [9.17, 15) is 55.1 Å². The first kappa shape index (κ1) is 87.9. The summed E-state index contributed by atoms with van der Waals surface area (Å²) in [6.07, 6.45) is -15.8. The summed E-state index contributed by atoms with van der Waals surface area (Å²) in [7, 11) is 10.4. The number of amides is 12. The van der Waals surface area contributed by atoms with Crippen molar-refractivity contribution in [3.05, 3.63) is 12.2 Å². The smallest absolute Gasteiger partial charge is 0.347 e. The summed E-state index contributed by atoms with van der Waals surface area (Å²) in [5.41, 5.74) is -2.71. The van der Waals surface area contributed by atoms with E-state index in [1.807, 2.05) is 0 Å². The molecule has 0 aromatic heterocycles. The number of carbonyl (C=O) groups is 12. The fraction of sp³-hybridized carbons (Fsp3) is 0.811. The van der Waals surface area contributed by atoms with Crippen molar-refractivity contribution in [1.29, 1.82) is 0 Å². The summed E-state index contributed by atoms with van der Waals surface area (Å²) in [5.74, 6) is -22.7. The number of fused-ring (bicyclic) bond motifs is 3. The Balaban J connectivity index is 1.33. The lowest BCUT2D eigenvalue weighted by Gasteiger charge is -2.54. The van der Waals surface area contributed by atoms with Gasteiger partial charge in [-0.1, -0.05) is 72.5 Å². The number of likely N-dealkylation sites (N-methyl/N-ethyl adjacent to an activating group) is 7. The molecule has 0 aromatic carbocycles. The third-order valence-corrected chi connectivity index (χ3v) is 23.7. The highest BCUT2D eigenvalue weighted by Crippen LogP contribution is 2.51. The van der Waals surface area contributed by atoms with E-state index < -0.39 is 254 Å². The van der Waals surface area contributed by atoms with Crippen LogP contribution in [0.2, 0.25) is 0 Å². The van der Waals surface area contributed by atoms with Crippen LogP contribution < -0.4 is 16.0 Å². The lowest BCUT2D eigenvalue weighted by Crippen LogP contribution is -2.71. The van der Waals surface area contributed by atoms with Gasteiger partial charge in [0.05, 0.1) is 32.0 Å². The molecule has 2 bridgehead atoms. The maximum absolute atomic E-state index is 16.2. The summed E-state index contributed by atoms with van der Waals surface area (Å²) >= 11 is 0. The van der Waals surface area contributed by atoms with Crippen LogP contribution in [-0.2, 0) is 57.5 Å². The predicted molar refractivity (Wildman–Crippen MR) is 375 cm³/mol. The Bertz CT molecular complexity index is 3290. The highest BCUT2D eigenvalue weighted by atomic mass is 19.4. The molecule has 11 atom stereocenters. The van der Waals surface area contributed by atoms with Crippen molar-refractivity contribution in [3.63, 3.8) is 0 Å². The predicted octanol–water partition coefficient (Wildman–Crippen LogP) is 6.97. The zero-order valence-electron chi connectivity index (χ0n) is 64.5. The first-order valence-electron chi connectivity index (χ1n) is 37.9. The third-order valence-electron chi connectivity index (χ3n) is 23.7. The van der Waals surface area contributed by atoms with Crippen molar-refractivity contribution in [1.82, 2.24) is 60.0 Å². The van der Waals surface area contributed by atoms with Gasteiger partial charge in [-0.05, 0) is 132 Å². The molecule has 24 nitrogen and oxygen atoms in total. The molecule has 108 heavy (non-hydrogen) atoms. The van der Waals surface area contributed by atoms with Crippen molar-refractivity contribution in [2.75, 3.05) is 82.6 Å². The second-order valence-corrected chi connectivity index (χ2v) is 32.7. The third kappa shape index (κ3) is 20.8. The van der Waals surface area contributed by atoms with E-state index in [-0.39, 0.29) is 70.8 Å². The number of alkyl halides is 10. The zero-order chi connectivity index (χ0) is 80.8. The van der Waals surface area contributed by atoms with E-state index in [4.69, 9.17) is 0 Å². The van der Waals surface area contributed by atoms with Crippen molar-refractivity contribution in [3.8, 4) is 0 Å². The van der Waals surface area contributed by atoms with Gasteiger partial charge >= 0.3 is 12.4 Å². The van der Waals surface area contributed by atoms with Crippen LogP contribution >= 0.6 is 0 Å². The van der Waals surface area contributed by atoms with Crippen molar-refractivity contribution in [2.45, 2.75) is 260 Å². The lowest BCUT2D eigenvalue weighted by molar-refractivity contribution is -0.219. The van der Waals surface area contributed by atoms with Gasteiger partial charge in [0, 0.05) is 69.3 Å². The first-order chi connectivity index (χ1) is 50.2. The quantitative estimate of drug-likeness (QED) is 0.140. The minimum Gasteiger partial charge on any atom is -0.347 e. The fourth-order valence-electron chi connectivity index (χ4n) is 17.5. The molecule has 6 fully saturated rings. The van der Waals surface area contributed by atoms with E-state index in [2.05, 4.69) is 16.0 Å². The molecule has 2 unspecified atom stereocenters.